The third kappa shape index (κ3) is 2.57. The molecule has 0 N–H and O–H groups in total. The SMILES string of the molecule is Cc1ccccc1-c1cc(-c2cccnc2)cc(C)[n+]1C. The fraction of sp³-hybridized carbons (Fsp3) is 0.158. The minimum absolute atomic E-state index is 1.15. The van der Waals surface area contributed by atoms with Gasteiger partial charge in [-0.05, 0) is 30.2 Å². The predicted molar refractivity (Wildman–Crippen MR) is 85.8 cm³/mol. The monoisotopic (exact) mass is 275 g/mol. The Morgan fingerprint density at radius 3 is 2.43 bits per heavy atom. The standard InChI is InChI=1S/C19H19N2/c1-14-7-4-5-9-18(14)19-12-17(11-15(2)21(19)3)16-8-6-10-20-13-16/h4-13H,1-3H3/q+1. The van der Waals surface area contributed by atoms with E-state index in [1.165, 1.54) is 28.1 Å². The Labute approximate surface area is 125 Å². The van der Waals surface area contributed by atoms with Gasteiger partial charge in [0.15, 0.2) is 5.69 Å². The summed E-state index contributed by atoms with van der Waals surface area (Å²) in [5.41, 5.74) is 7.37. The van der Waals surface area contributed by atoms with Crippen LogP contribution in [0.1, 0.15) is 11.3 Å². The molecule has 0 aliphatic heterocycles. The molecule has 2 heteroatoms. The second-order valence-corrected chi connectivity index (χ2v) is 5.39. The second-order valence-electron chi connectivity index (χ2n) is 5.39. The Morgan fingerprint density at radius 2 is 1.71 bits per heavy atom. The number of aromatic nitrogens is 2. The molecule has 104 valence electrons. The molecule has 2 heterocycles. The van der Waals surface area contributed by atoms with E-state index in [1.807, 2.05) is 18.5 Å². The van der Waals surface area contributed by atoms with Crippen molar-refractivity contribution in [1.82, 2.24) is 4.98 Å². The molecule has 0 radical (unpaired) electrons. The highest BCUT2D eigenvalue weighted by molar-refractivity contribution is 5.70. The molecule has 0 bridgehead atoms. The summed E-state index contributed by atoms with van der Waals surface area (Å²) in [6, 6.07) is 17.0. The van der Waals surface area contributed by atoms with Crippen LogP contribution in [-0.2, 0) is 7.05 Å². The number of rotatable bonds is 2. The molecule has 0 saturated carbocycles. The van der Waals surface area contributed by atoms with Crippen molar-refractivity contribution in [1.29, 1.82) is 0 Å². The molecule has 0 saturated heterocycles. The average Bonchev–Trinajstić information content (AvgIpc) is 2.51. The molecule has 0 aliphatic carbocycles. The van der Waals surface area contributed by atoms with Crippen LogP contribution in [0.4, 0.5) is 0 Å². The molecule has 0 fully saturated rings. The van der Waals surface area contributed by atoms with Crippen molar-refractivity contribution in [3.05, 3.63) is 72.2 Å². The lowest BCUT2D eigenvalue weighted by atomic mass is 10.0. The number of nitrogens with zero attached hydrogens (tertiary/aromatic N) is 2. The van der Waals surface area contributed by atoms with Crippen molar-refractivity contribution < 1.29 is 4.57 Å². The Hall–Kier alpha value is -2.48. The Balaban J connectivity index is 2.22. The summed E-state index contributed by atoms with van der Waals surface area (Å²) < 4.78 is 2.24. The van der Waals surface area contributed by atoms with Crippen LogP contribution in [0.25, 0.3) is 22.4 Å². The largest absolute Gasteiger partial charge is 0.264 e. The highest BCUT2D eigenvalue weighted by Crippen LogP contribution is 2.26. The first-order chi connectivity index (χ1) is 10.2. The first kappa shape index (κ1) is 13.5. The van der Waals surface area contributed by atoms with Crippen LogP contribution < -0.4 is 4.57 Å². The summed E-state index contributed by atoms with van der Waals surface area (Å²) in [6.07, 6.45) is 3.72. The lowest BCUT2D eigenvalue weighted by molar-refractivity contribution is -0.666. The van der Waals surface area contributed by atoms with Crippen molar-refractivity contribution in [2.75, 3.05) is 0 Å². The van der Waals surface area contributed by atoms with E-state index in [1.54, 1.807) is 0 Å². The molecule has 21 heavy (non-hydrogen) atoms. The zero-order valence-electron chi connectivity index (χ0n) is 12.7. The molecule has 3 aromatic rings. The maximum absolute atomic E-state index is 4.23. The number of aryl methyl sites for hydroxylation is 2. The molecular weight excluding hydrogens is 256 g/mol. The molecule has 2 aromatic heterocycles. The van der Waals surface area contributed by atoms with Gasteiger partial charge in [-0.3, -0.25) is 4.98 Å². The van der Waals surface area contributed by atoms with Crippen molar-refractivity contribution in [3.63, 3.8) is 0 Å². The van der Waals surface area contributed by atoms with Gasteiger partial charge in [0.1, 0.15) is 7.05 Å². The van der Waals surface area contributed by atoms with Gasteiger partial charge in [0.2, 0.25) is 5.69 Å². The van der Waals surface area contributed by atoms with E-state index in [9.17, 15) is 0 Å². The van der Waals surface area contributed by atoms with Gasteiger partial charge < -0.3 is 0 Å². The maximum atomic E-state index is 4.23. The van der Waals surface area contributed by atoms with Crippen LogP contribution in [0, 0.1) is 13.8 Å². The summed E-state index contributed by atoms with van der Waals surface area (Å²) in [5, 5.41) is 0. The van der Waals surface area contributed by atoms with Crippen LogP contribution >= 0.6 is 0 Å². The van der Waals surface area contributed by atoms with E-state index in [-0.39, 0.29) is 0 Å². The lowest BCUT2D eigenvalue weighted by Crippen LogP contribution is -2.34. The molecule has 2 nitrogen and oxygen atoms in total. The summed E-state index contributed by atoms with van der Waals surface area (Å²) in [4.78, 5) is 4.23. The van der Waals surface area contributed by atoms with Crippen LogP contribution in [0.2, 0.25) is 0 Å². The Bertz CT molecular complexity index is 777. The van der Waals surface area contributed by atoms with Gasteiger partial charge in [-0.2, -0.15) is 4.57 Å². The van der Waals surface area contributed by atoms with Crippen molar-refractivity contribution >= 4 is 0 Å². The lowest BCUT2D eigenvalue weighted by Gasteiger charge is -2.09. The molecule has 0 amide bonds. The van der Waals surface area contributed by atoms with Crippen LogP contribution in [0.15, 0.2) is 60.9 Å². The second kappa shape index (κ2) is 5.49. The van der Waals surface area contributed by atoms with E-state index < -0.39 is 0 Å². The smallest absolute Gasteiger partial charge is 0.213 e. The topological polar surface area (TPSA) is 16.8 Å². The van der Waals surface area contributed by atoms with E-state index >= 15 is 0 Å². The van der Waals surface area contributed by atoms with Gasteiger partial charge >= 0.3 is 0 Å². The number of hydrogen-bond acceptors (Lipinski definition) is 1. The van der Waals surface area contributed by atoms with E-state index in [0.29, 0.717) is 0 Å². The minimum Gasteiger partial charge on any atom is -0.264 e. The van der Waals surface area contributed by atoms with Crippen molar-refractivity contribution in [3.8, 4) is 22.4 Å². The zero-order chi connectivity index (χ0) is 14.8. The molecule has 0 aliphatic rings. The summed E-state index contributed by atoms with van der Waals surface area (Å²) >= 11 is 0. The number of pyridine rings is 2. The maximum Gasteiger partial charge on any atom is 0.213 e. The van der Waals surface area contributed by atoms with Gasteiger partial charge in [0.25, 0.3) is 0 Å². The fourth-order valence-corrected chi connectivity index (χ4v) is 2.62. The van der Waals surface area contributed by atoms with E-state index in [2.05, 4.69) is 72.9 Å². The normalized spacial score (nSPS) is 10.6. The Kier molecular flexibility index (Phi) is 3.53. The Morgan fingerprint density at radius 1 is 0.905 bits per heavy atom. The third-order valence-electron chi connectivity index (χ3n) is 3.96. The molecule has 3 rings (SSSR count). The zero-order valence-corrected chi connectivity index (χ0v) is 12.7. The van der Waals surface area contributed by atoms with Crippen molar-refractivity contribution in [2.45, 2.75) is 13.8 Å². The molecule has 0 atom stereocenters. The molecule has 1 aromatic carbocycles. The molecular formula is C19H19N2+. The molecule has 0 spiro atoms. The quantitative estimate of drug-likeness (QED) is 0.649. The fourth-order valence-electron chi connectivity index (χ4n) is 2.62. The van der Waals surface area contributed by atoms with Crippen LogP contribution in [0.5, 0.6) is 0 Å². The first-order valence-corrected chi connectivity index (χ1v) is 7.14. The van der Waals surface area contributed by atoms with Crippen LogP contribution in [-0.4, -0.2) is 4.98 Å². The van der Waals surface area contributed by atoms with Gasteiger partial charge in [-0.15, -0.1) is 0 Å². The summed E-state index contributed by atoms with van der Waals surface area (Å²) in [6.45, 7) is 4.29. The van der Waals surface area contributed by atoms with Gasteiger partial charge in [-0.1, -0.05) is 24.3 Å². The van der Waals surface area contributed by atoms with Gasteiger partial charge in [0.05, 0.1) is 0 Å². The van der Waals surface area contributed by atoms with Gasteiger partial charge in [0, 0.05) is 42.6 Å². The first-order valence-electron chi connectivity index (χ1n) is 7.14. The van der Waals surface area contributed by atoms with Crippen LogP contribution in [0.3, 0.4) is 0 Å². The van der Waals surface area contributed by atoms with Gasteiger partial charge in [-0.25, -0.2) is 0 Å². The van der Waals surface area contributed by atoms with E-state index in [4.69, 9.17) is 0 Å². The average molecular weight is 275 g/mol. The highest BCUT2D eigenvalue weighted by Gasteiger charge is 2.16. The van der Waals surface area contributed by atoms with E-state index in [0.717, 1.165) is 5.56 Å². The number of benzene rings is 1. The molecule has 0 unspecified atom stereocenters. The van der Waals surface area contributed by atoms with Crippen molar-refractivity contribution in [2.24, 2.45) is 7.05 Å². The minimum atomic E-state index is 1.15. The summed E-state index contributed by atoms with van der Waals surface area (Å²) in [5.74, 6) is 0. The predicted octanol–water partition coefficient (Wildman–Crippen LogP) is 3.86. The summed E-state index contributed by atoms with van der Waals surface area (Å²) in [7, 11) is 2.12. The number of hydrogen-bond donors (Lipinski definition) is 0. The highest BCUT2D eigenvalue weighted by atomic mass is 14.9. The third-order valence-corrected chi connectivity index (χ3v) is 3.96.